The van der Waals surface area contributed by atoms with Crippen molar-refractivity contribution < 1.29 is 8.42 Å². The third kappa shape index (κ3) is 3.33. The molecule has 0 aliphatic carbocycles. The van der Waals surface area contributed by atoms with E-state index < -0.39 is 14.6 Å². The van der Waals surface area contributed by atoms with Crippen LogP contribution >= 0.6 is 0 Å². The molecule has 0 saturated heterocycles. The van der Waals surface area contributed by atoms with Gasteiger partial charge in [0.15, 0.2) is 9.84 Å². The molecule has 6 nitrogen and oxygen atoms in total. The molecule has 0 aliphatic heterocycles. The van der Waals surface area contributed by atoms with Crippen LogP contribution in [-0.2, 0) is 16.3 Å². The van der Waals surface area contributed by atoms with Gasteiger partial charge in [-0.05, 0) is 34.7 Å². The topological polar surface area (TPSA) is 76.9 Å². The van der Waals surface area contributed by atoms with Gasteiger partial charge in [0.05, 0.1) is 4.75 Å². The predicted octanol–water partition coefficient (Wildman–Crippen LogP) is 0.813. The van der Waals surface area contributed by atoms with E-state index in [4.69, 9.17) is 0 Å². The molecule has 1 aromatic heterocycles. The van der Waals surface area contributed by atoms with Crippen LogP contribution in [0.3, 0.4) is 0 Å². The number of rotatable bonds is 6. The molecule has 1 rings (SSSR count). The SMILES string of the molecule is CNC(Cc1ncnn1C(C)C)C(C)(C)S(C)(=O)=O. The Morgan fingerprint density at radius 3 is 2.42 bits per heavy atom. The van der Waals surface area contributed by atoms with Crippen molar-refractivity contribution in [2.24, 2.45) is 0 Å². The molecule has 19 heavy (non-hydrogen) atoms. The predicted molar refractivity (Wildman–Crippen MR) is 75.9 cm³/mol. The summed E-state index contributed by atoms with van der Waals surface area (Å²) in [7, 11) is -1.40. The summed E-state index contributed by atoms with van der Waals surface area (Å²) >= 11 is 0. The minimum absolute atomic E-state index is 0.205. The smallest absolute Gasteiger partial charge is 0.154 e. The van der Waals surface area contributed by atoms with Crippen molar-refractivity contribution >= 4 is 9.84 Å². The van der Waals surface area contributed by atoms with Crippen LogP contribution in [0.4, 0.5) is 0 Å². The van der Waals surface area contributed by atoms with E-state index in [1.165, 1.54) is 12.6 Å². The molecule has 1 atom stereocenters. The summed E-state index contributed by atoms with van der Waals surface area (Å²) in [5.74, 6) is 0.797. The molecule has 7 heteroatoms. The molecule has 1 aromatic rings. The Bertz CT molecular complexity index is 520. The van der Waals surface area contributed by atoms with E-state index in [2.05, 4.69) is 15.4 Å². The van der Waals surface area contributed by atoms with Crippen molar-refractivity contribution in [3.05, 3.63) is 12.2 Å². The fourth-order valence-corrected chi connectivity index (χ4v) is 2.71. The van der Waals surface area contributed by atoms with Gasteiger partial charge in [0.2, 0.25) is 0 Å². The molecular formula is C12H24N4O2S. The lowest BCUT2D eigenvalue weighted by Gasteiger charge is -2.32. The molecule has 0 radical (unpaired) electrons. The highest BCUT2D eigenvalue weighted by Gasteiger charge is 2.38. The fraction of sp³-hybridized carbons (Fsp3) is 0.833. The molecule has 110 valence electrons. The number of hydrogen-bond acceptors (Lipinski definition) is 5. The second kappa shape index (κ2) is 5.58. The first-order valence-electron chi connectivity index (χ1n) is 6.36. The largest absolute Gasteiger partial charge is 0.315 e. The van der Waals surface area contributed by atoms with Gasteiger partial charge >= 0.3 is 0 Å². The van der Waals surface area contributed by atoms with Gasteiger partial charge in [-0.3, -0.25) is 0 Å². The number of hydrogen-bond donors (Lipinski definition) is 1. The van der Waals surface area contributed by atoms with E-state index in [1.54, 1.807) is 20.9 Å². The summed E-state index contributed by atoms with van der Waals surface area (Å²) in [6, 6.07) is -0.0134. The maximum atomic E-state index is 11.9. The maximum Gasteiger partial charge on any atom is 0.154 e. The summed E-state index contributed by atoms with van der Waals surface area (Å²) in [5.41, 5.74) is 0. The molecule has 0 saturated carbocycles. The number of nitrogens with one attached hydrogen (secondary N) is 1. The third-order valence-corrected chi connectivity index (χ3v) is 5.86. The molecule has 0 spiro atoms. The number of nitrogens with zero attached hydrogens (tertiary/aromatic N) is 3. The third-order valence-electron chi connectivity index (χ3n) is 3.67. The first kappa shape index (κ1) is 16.1. The van der Waals surface area contributed by atoms with Gasteiger partial charge in [-0.25, -0.2) is 18.1 Å². The Morgan fingerprint density at radius 2 is 2.00 bits per heavy atom. The van der Waals surface area contributed by atoms with Gasteiger partial charge in [-0.1, -0.05) is 0 Å². The molecule has 0 amide bonds. The second-order valence-electron chi connectivity index (χ2n) is 5.64. The quantitative estimate of drug-likeness (QED) is 0.838. The zero-order chi connectivity index (χ0) is 14.8. The first-order valence-corrected chi connectivity index (χ1v) is 8.25. The van der Waals surface area contributed by atoms with Crippen LogP contribution in [0.2, 0.25) is 0 Å². The van der Waals surface area contributed by atoms with Crippen molar-refractivity contribution in [1.82, 2.24) is 20.1 Å². The van der Waals surface area contributed by atoms with Crippen LogP contribution < -0.4 is 5.32 Å². The molecule has 0 aliphatic rings. The summed E-state index contributed by atoms with van der Waals surface area (Å²) in [5, 5.41) is 7.27. The average Bonchev–Trinajstić information content (AvgIpc) is 2.71. The van der Waals surface area contributed by atoms with Gasteiger partial charge in [0, 0.05) is 24.8 Å². The number of likely N-dealkylation sites (N-methyl/N-ethyl adjacent to an activating group) is 1. The highest BCUT2D eigenvalue weighted by molar-refractivity contribution is 7.92. The van der Waals surface area contributed by atoms with Crippen molar-refractivity contribution in [1.29, 1.82) is 0 Å². The van der Waals surface area contributed by atoms with Gasteiger partial charge in [-0.15, -0.1) is 0 Å². The number of sulfone groups is 1. The zero-order valence-electron chi connectivity index (χ0n) is 12.5. The zero-order valence-corrected chi connectivity index (χ0v) is 13.3. The van der Waals surface area contributed by atoms with Crippen molar-refractivity contribution in [2.75, 3.05) is 13.3 Å². The molecule has 0 aromatic carbocycles. The highest BCUT2D eigenvalue weighted by Crippen LogP contribution is 2.23. The standard InChI is InChI=1S/C12H24N4O2S/c1-9(2)16-11(14-8-15-16)7-10(13-5)12(3,4)19(6,17)18/h8-10,13H,7H2,1-6H3. The van der Waals surface area contributed by atoms with Crippen LogP contribution in [0.15, 0.2) is 6.33 Å². The van der Waals surface area contributed by atoms with Crippen molar-refractivity contribution in [3.63, 3.8) is 0 Å². The van der Waals surface area contributed by atoms with Crippen molar-refractivity contribution in [3.8, 4) is 0 Å². The minimum Gasteiger partial charge on any atom is -0.315 e. The maximum absolute atomic E-state index is 11.9. The lowest BCUT2D eigenvalue weighted by atomic mass is 9.99. The van der Waals surface area contributed by atoms with E-state index in [0.29, 0.717) is 6.42 Å². The molecular weight excluding hydrogens is 264 g/mol. The molecule has 1 heterocycles. The molecule has 0 bridgehead atoms. The van der Waals surface area contributed by atoms with Crippen LogP contribution in [-0.4, -0.2) is 47.3 Å². The van der Waals surface area contributed by atoms with Gasteiger partial charge in [0.1, 0.15) is 12.2 Å². The Balaban J connectivity index is 3.04. The monoisotopic (exact) mass is 288 g/mol. The summed E-state index contributed by atoms with van der Waals surface area (Å²) in [4.78, 5) is 4.24. The Labute approximate surface area is 115 Å². The highest BCUT2D eigenvalue weighted by atomic mass is 32.2. The fourth-order valence-electron chi connectivity index (χ4n) is 1.99. The lowest BCUT2D eigenvalue weighted by Crippen LogP contribution is -2.51. The van der Waals surface area contributed by atoms with Crippen LogP contribution in [0, 0.1) is 0 Å². The summed E-state index contributed by atoms with van der Waals surface area (Å²) < 4.78 is 24.8. The van der Waals surface area contributed by atoms with Crippen LogP contribution in [0.5, 0.6) is 0 Å². The second-order valence-corrected chi connectivity index (χ2v) is 8.23. The van der Waals surface area contributed by atoms with E-state index >= 15 is 0 Å². The molecule has 1 unspecified atom stereocenters. The van der Waals surface area contributed by atoms with Crippen LogP contribution in [0.1, 0.15) is 39.6 Å². The first-order chi connectivity index (χ1) is 8.61. The van der Waals surface area contributed by atoms with E-state index in [1.807, 2.05) is 18.5 Å². The lowest BCUT2D eigenvalue weighted by molar-refractivity contribution is 0.407. The van der Waals surface area contributed by atoms with Gasteiger partial charge in [0.25, 0.3) is 0 Å². The number of aromatic nitrogens is 3. The summed E-state index contributed by atoms with van der Waals surface area (Å²) in [6.45, 7) is 7.52. The van der Waals surface area contributed by atoms with E-state index in [9.17, 15) is 8.42 Å². The van der Waals surface area contributed by atoms with Crippen LogP contribution in [0.25, 0.3) is 0 Å². The average molecular weight is 288 g/mol. The Kier molecular flexibility index (Phi) is 4.73. The Hall–Kier alpha value is -0.950. The molecule has 0 fully saturated rings. The van der Waals surface area contributed by atoms with Crippen molar-refractivity contribution in [2.45, 2.75) is 50.9 Å². The normalized spacial score (nSPS) is 14.9. The van der Waals surface area contributed by atoms with E-state index in [-0.39, 0.29) is 12.1 Å². The molecule has 1 N–H and O–H groups in total. The summed E-state index contributed by atoms with van der Waals surface area (Å²) in [6.07, 6.45) is 3.30. The minimum atomic E-state index is -3.17. The van der Waals surface area contributed by atoms with Gasteiger partial charge < -0.3 is 5.32 Å². The van der Waals surface area contributed by atoms with Gasteiger partial charge in [-0.2, -0.15) is 5.10 Å². The van der Waals surface area contributed by atoms with E-state index in [0.717, 1.165) is 5.82 Å². The Morgan fingerprint density at radius 1 is 1.42 bits per heavy atom.